The average molecular weight is 172 g/mol. The minimum absolute atomic E-state index is 0.0233. The van der Waals surface area contributed by atoms with E-state index >= 15 is 0 Å². The second-order valence-electron chi connectivity index (χ2n) is 3.66. The Bertz CT molecular complexity index is 176. The first-order valence-corrected chi connectivity index (χ1v) is 4.24. The molecule has 0 bridgehead atoms. The zero-order valence-corrected chi connectivity index (χ0v) is 7.34. The Balaban J connectivity index is 2.21. The summed E-state index contributed by atoms with van der Waals surface area (Å²) in [7, 11) is 0. The molecule has 1 atom stereocenters. The van der Waals surface area contributed by atoms with E-state index in [9.17, 15) is 4.79 Å². The Hall–Kier alpha value is -0.610. The summed E-state index contributed by atoms with van der Waals surface area (Å²) in [6, 6.07) is -0.459. The van der Waals surface area contributed by atoms with Crippen LogP contribution in [-0.2, 0) is 4.79 Å². The fourth-order valence-electron chi connectivity index (χ4n) is 1.00. The van der Waals surface area contributed by atoms with E-state index in [-0.39, 0.29) is 17.9 Å². The second kappa shape index (κ2) is 3.41. The molecule has 1 amide bonds. The Morgan fingerprint density at radius 1 is 1.75 bits per heavy atom. The molecule has 1 rings (SSSR count). The van der Waals surface area contributed by atoms with Gasteiger partial charge in [0.25, 0.3) is 0 Å². The number of carbonyl (C=O) groups excluding carboxylic acids is 1. The number of aliphatic hydroxyl groups excluding tert-OH is 1. The summed E-state index contributed by atoms with van der Waals surface area (Å²) in [4.78, 5) is 11.0. The molecule has 12 heavy (non-hydrogen) atoms. The lowest BCUT2D eigenvalue weighted by atomic mass is 10.1. The number of carbonyl (C=O) groups is 1. The third-order valence-electron chi connectivity index (χ3n) is 2.34. The molecule has 0 aromatic carbocycles. The Kier molecular flexibility index (Phi) is 2.69. The van der Waals surface area contributed by atoms with Gasteiger partial charge in [-0.1, -0.05) is 0 Å². The highest BCUT2D eigenvalue weighted by atomic mass is 16.3. The molecule has 1 aliphatic carbocycles. The largest absolute Gasteiger partial charge is 0.396 e. The van der Waals surface area contributed by atoms with Crippen LogP contribution in [0.3, 0.4) is 0 Å². The molecular weight excluding hydrogens is 156 g/mol. The first kappa shape index (κ1) is 9.48. The van der Waals surface area contributed by atoms with Gasteiger partial charge in [-0.15, -0.1) is 0 Å². The zero-order chi connectivity index (χ0) is 9.19. The zero-order valence-electron chi connectivity index (χ0n) is 7.34. The number of nitrogens with one attached hydrogen (secondary N) is 1. The maximum Gasteiger partial charge on any atom is 0.236 e. The molecule has 4 nitrogen and oxygen atoms in total. The average Bonchev–Trinajstić information content (AvgIpc) is 2.81. The van der Waals surface area contributed by atoms with Gasteiger partial charge in [0.2, 0.25) is 5.91 Å². The van der Waals surface area contributed by atoms with Gasteiger partial charge in [-0.25, -0.2) is 0 Å². The third kappa shape index (κ3) is 2.19. The van der Waals surface area contributed by atoms with Crippen molar-refractivity contribution < 1.29 is 9.90 Å². The number of rotatable bonds is 4. The van der Waals surface area contributed by atoms with Crippen molar-refractivity contribution >= 4 is 5.91 Å². The molecule has 1 fully saturated rings. The lowest BCUT2D eigenvalue weighted by Gasteiger charge is -2.13. The smallest absolute Gasteiger partial charge is 0.236 e. The van der Waals surface area contributed by atoms with Crippen molar-refractivity contribution in [2.75, 3.05) is 13.2 Å². The molecule has 4 N–H and O–H groups in total. The number of hydrogen-bond donors (Lipinski definition) is 3. The molecule has 0 heterocycles. The number of nitrogens with two attached hydrogens (primary N) is 1. The van der Waals surface area contributed by atoms with Gasteiger partial charge >= 0.3 is 0 Å². The minimum Gasteiger partial charge on any atom is -0.396 e. The Morgan fingerprint density at radius 2 is 2.33 bits per heavy atom. The van der Waals surface area contributed by atoms with Crippen LogP contribution in [0.1, 0.15) is 19.8 Å². The molecule has 0 spiro atoms. The monoisotopic (exact) mass is 172 g/mol. The van der Waals surface area contributed by atoms with Crippen molar-refractivity contribution in [3.63, 3.8) is 0 Å². The van der Waals surface area contributed by atoms with Crippen LogP contribution in [0.15, 0.2) is 0 Å². The van der Waals surface area contributed by atoms with E-state index in [1.165, 1.54) is 0 Å². The summed E-state index contributed by atoms with van der Waals surface area (Å²) in [5.41, 5.74) is 5.33. The maximum absolute atomic E-state index is 11.0. The van der Waals surface area contributed by atoms with Crippen LogP contribution in [0.2, 0.25) is 0 Å². The number of amides is 1. The van der Waals surface area contributed by atoms with E-state index in [1.54, 1.807) is 6.92 Å². The van der Waals surface area contributed by atoms with Crippen LogP contribution in [-0.4, -0.2) is 30.2 Å². The van der Waals surface area contributed by atoms with Crippen LogP contribution in [0, 0.1) is 5.41 Å². The van der Waals surface area contributed by atoms with Crippen molar-refractivity contribution in [1.29, 1.82) is 0 Å². The summed E-state index contributed by atoms with van der Waals surface area (Å²) in [5.74, 6) is -0.144. The van der Waals surface area contributed by atoms with Gasteiger partial charge in [0, 0.05) is 12.0 Å². The van der Waals surface area contributed by atoms with Crippen LogP contribution in [0.5, 0.6) is 0 Å². The molecule has 0 saturated heterocycles. The quantitative estimate of drug-likeness (QED) is 0.521. The fraction of sp³-hybridized carbons (Fsp3) is 0.875. The Labute approximate surface area is 72.1 Å². The lowest BCUT2D eigenvalue weighted by molar-refractivity contribution is -0.122. The molecule has 0 aromatic heterocycles. The highest BCUT2D eigenvalue weighted by Gasteiger charge is 2.42. The van der Waals surface area contributed by atoms with E-state index < -0.39 is 6.04 Å². The van der Waals surface area contributed by atoms with Gasteiger partial charge in [0.1, 0.15) is 0 Å². The molecule has 1 aliphatic rings. The summed E-state index contributed by atoms with van der Waals surface area (Å²) in [6.45, 7) is 2.37. The van der Waals surface area contributed by atoms with Crippen molar-refractivity contribution in [3.05, 3.63) is 0 Å². The van der Waals surface area contributed by atoms with E-state index in [0.717, 1.165) is 12.8 Å². The van der Waals surface area contributed by atoms with Crippen LogP contribution < -0.4 is 11.1 Å². The van der Waals surface area contributed by atoms with E-state index in [2.05, 4.69) is 5.32 Å². The van der Waals surface area contributed by atoms with Crippen LogP contribution in [0.4, 0.5) is 0 Å². The predicted octanol–water partition coefficient (Wildman–Crippen LogP) is -0.778. The molecule has 0 radical (unpaired) electrons. The van der Waals surface area contributed by atoms with Gasteiger partial charge in [-0.05, 0) is 19.8 Å². The fourth-order valence-corrected chi connectivity index (χ4v) is 1.00. The second-order valence-corrected chi connectivity index (χ2v) is 3.66. The van der Waals surface area contributed by atoms with Gasteiger partial charge in [-0.2, -0.15) is 0 Å². The summed E-state index contributed by atoms with van der Waals surface area (Å²) < 4.78 is 0. The maximum atomic E-state index is 11.0. The highest BCUT2D eigenvalue weighted by Crippen LogP contribution is 2.44. The summed E-state index contributed by atoms with van der Waals surface area (Å²) in [6.07, 6.45) is 2.01. The lowest BCUT2D eigenvalue weighted by Crippen LogP contribution is -2.41. The van der Waals surface area contributed by atoms with Crippen molar-refractivity contribution in [2.45, 2.75) is 25.8 Å². The van der Waals surface area contributed by atoms with Crippen LogP contribution >= 0.6 is 0 Å². The van der Waals surface area contributed by atoms with Crippen molar-refractivity contribution in [1.82, 2.24) is 5.32 Å². The SMILES string of the molecule is C[C@H](N)C(=O)NCC1(CO)CC1. The third-order valence-corrected chi connectivity index (χ3v) is 2.34. The van der Waals surface area contributed by atoms with E-state index in [0.29, 0.717) is 6.54 Å². The molecule has 0 aromatic rings. The van der Waals surface area contributed by atoms with Gasteiger partial charge in [-0.3, -0.25) is 4.79 Å². The van der Waals surface area contributed by atoms with Gasteiger partial charge in [0.15, 0.2) is 0 Å². The first-order chi connectivity index (χ1) is 5.59. The highest BCUT2D eigenvalue weighted by molar-refractivity contribution is 5.81. The normalized spacial score (nSPS) is 21.6. The molecule has 70 valence electrons. The topological polar surface area (TPSA) is 75.4 Å². The predicted molar refractivity (Wildman–Crippen MR) is 45.4 cm³/mol. The van der Waals surface area contributed by atoms with E-state index in [4.69, 9.17) is 10.8 Å². The number of aliphatic hydroxyl groups is 1. The van der Waals surface area contributed by atoms with Gasteiger partial charge < -0.3 is 16.2 Å². The number of hydrogen-bond acceptors (Lipinski definition) is 3. The molecule has 0 unspecified atom stereocenters. The minimum atomic E-state index is -0.459. The van der Waals surface area contributed by atoms with E-state index in [1.807, 2.05) is 0 Å². The molecule has 1 saturated carbocycles. The molecular formula is C8H16N2O2. The summed E-state index contributed by atoms with van der Waals surface area (Å²) in [5, 5.41) is 11.6. The van der Waals surface area contributed by atoms with Gasteiger partial charge in [0.05, 0.1) is 12.6 Å². The van der Waals surface area contributed by atoms with Crippen LogP contribution in [0.25, 0.3) is 0 Å². The van der Waals surface area contributed by atoms with Crippen molar-refractivity contribution in [2.24, 2.45) is 11.1 Å². The Morgan fingerprint density at radius 3 is 2.67 bits per heavy atom. The summed E-state index contributed by atoms with van der Waals surface area (Å²) >= 11 is 0. The standard InChI is InChI=1S/C8H16N2O2/c1-6(9)7(12)10-4-8(5-11)2-3-8/h6,11H,2-5,9H2,1H3,(H,10,12)/t6-/m0/s1. The van der Waals surface area contributed by atoms with Crippen molar-refractivity contribution in [3.8, 4) is 0 Å². The molecule has 0 aliphatic heterocycles. The first-order valence-electron chi connectivity index (χ1n) is 4.24. The molecule has 4 heteroatoms.